The van der Waals surface area contributed by atoms with Crippen molar-refractivity contribution >= 4 is 5.91 Å². The lowest BCUT2D eigenvalue weighted by atomic mass is 9.84. The summed E-state index contributed by atoms with van der Waals surface area (Å²) in [5, 5.41) is 6.42. The van der Waals surface area contributed by atoms with Crippen LogP contribution in [0.25, 0.3) is 0 Å². The molecule has 4 rings (SSSR count). The first-order valence-corrected chi connectivity index (χ1v) is 12.8. The molecule has 190 valence electrons. The highest BCUT2D eigenvalue weighted by atomic mass is 19.1. The topological polar surface area (TPSA) is 76.4 Å². The summed E-state index contributed by atoms with van der Waals surface area (Å²) in [5.74, 6) is 0.152. The fourth-order valence-corrected chi connectivity index (χ4v) is 5.48. The van der Waals surface area contributed by atoms with Gasteiger partial charge >= 0.3 is 0 Å². The monoisotopic (exact) mass is 485 g/mol. The third kappa shape index (κ3) is 7.24. The number of nitrogens with one attached hydrogen (secondary N) is 2. The van der Waals surface area contributed by atoms with Gasteiger partial charge in [0.2, 0.25) is 5.91 Å². The van der Waals surface area contributed by atoms with E-state index < -0.39 is 23.7 Å². The average Bonchev–Trinajstić information content (AvgIpc) is 2.82. The number of amides is 1. The number of halogens is 2. The molecule has 2 aliphatic rings. The molecule has 1 fully saturated rings. The summed E-state index contributed by atoms with van der Waals surface area (Å²) in [6.45, 7) is 2.49. The van der Waals surface area contributed by atoms with E-state index in [4.69, 9.17) is 10.5 Å². The maximum Gasteiger partial charge on any atom is 0.217 e. The molecule has 1 aliphatic heterocycles. The fraction of sp³-hybridized carbons (Fsp3) is 0.536. The molecule has 1 heterocycles. The van der Waals surface area contributed by atoms with Gasteiger partial charge in [0.05, 0.1) is 6.61 Å². The predicted octanol–water partition coefficient (Wildman–Crippen LogP) is 4.58. The summed E-state index contributed by atoms with van der Waals surface area (Å²) in [6.07, 6.45) is 8.81. The van der Waals surface area contributed by atoms with E-state index in [1.54, 1.807) is 0 Å². The number of benzene rings is 2. The summed E-state index contributed by atoms with van der Waals surface area (Å²) < 4.78 is 33.3. The van der Waals surface area contributed by atoms with Crippen LogP contribution < -0.4 is 21.1 Å². The number of carbonyl (C=O) groups is 1. The molecule has 2 aromatic rings. The molecule has 0 radical (unpaired) electrons. The van der Waals surface area contributed by atoms with Gasteiger partial charge in [-0.2, -0.15) is 0 Å². The third-order valence-electron chi connectivity index (χ3n) is 7.25. The Labute approximate surface area is 206 Å². The summed E-state index contributed by atoms with van der Waals surface area (Å²) in [4.78, 5) is 11.8. The molecule has 2 aromatic carbocycles. The first-order valence-electron chi connectivity index (χ1n) is 12.8. The first-order chi connectivity index (χ1) is 16.9. The van der Waals surface area contributed by atoms with Gasteiger partial charge in [0.25, 0.3) is 0 Å². The molecule has 1 aliphatic carbocycles. The van der Waals surface area contributed by atoms with Crippen LogP contribution in [0.5, 0.6) is 5.75 Å². The van der Waals surface area contributed by atoms with Gasteiger partial charge in [-0.3, -0.25) is 4.79 Å². The van der Waals surface area contributed by atoms with Crippen molar-refractivity contribution in [2.45, 2.75) is 76.4 Å². The SMILES string of the molecule is CC(=O)NC(Cc1cc(F)cc(F)c1)C(N)CNC1CCOc2ccc(CC3CCCCC3)cc21. The van der Waals surface area contributed by atoms with Gasteiger partial charge in [-0.05, 0) is 48.1 Å². The molecule has 5 nitrogen and oxygen atoms in total. The van der Waals surface area contributed by atoms with Crippen LogP contribution in [0.15, 0.2) is 36.4 Å². The molecular formula is C28H37F2N3O2. The van der Waals surface area contributed by atoms with Crippen molar-refractivity contribution in [2.75, 3.05) is 13.2 Å². The van der Waals surface area contributed by atoms with E-state index in [0.29, 0.717) is 18.7 Å². The quantitative estimate of drug-likeness (QED) is 0.486. The Balaban J connectivity index is 1.41. The highest BCUT2D eigenvalue weighted by Gasteiger charge is 2.26. The minimum Gasteiger partial charge on any atom is -0.493 e. The van der Waals surface area contributed by atoms with Crippen LogP contribution in [0.1, 0.15) is 68.2 Å². The number of rotatable bonds is 9. The van der Waals surface area contributed by atoms with Crippen molar-refractivity contribution in [3.8, 4) is 5.75 Å². The van der Waals surface area contributed by atoms with Gasteiger partial charge in [-0.15, -0.1) is 0 Å². The van der Waals surface area contributed by atoms with E-state index in [1.165, 1.54) is 56.7 Å². The van der Waals surface area contributed by atoms with E-state index in [9.17, 15) is 13.6 Å². The van der Waals surface area contributed by atoms with Crippen molar-refractivity contribution in [1.82, 2.24) is 10.6 Å². The first kappa shape index (κ1) is 25.6. The van der Waals surface area contributed by atoms with E-state index in [1.807, 2.05) is 0 Å². The molecule has 7 heteroatoms. The Morgan fingerprint density at radius 3 is 2.51 bits per heavy atom. The normalized spacial score (nSPS) is 19.9. The predicted molar refractivity (Wildman–Crippen MR) is 133 cm³/mol. The number of hydrogen-bond donors (Lipinski definition) is 3. The van der Waals surface area contributed by atoms with Gasteiger partial charge in [0.15, 0.2) is 0 Å². The number of nitrogens with two attached hydrogens (primary N) is 1. The molecule has 1 saturated carbocycles. The number of ether oxygens (including phenoxy) is 1. The second-order valence-electron chi connectivity index (χ2n) is 10.1. The molecule has 35 heavy (non-hydrogen) atoms. The standard InChI is InChI=1S/C28H37F2N3O2/c1-18(34)33-27(15-21-12-22(29)16-23(30)13-21)25(31)17-32-26-9-10-35-28-8-7-20(14-24(26)28)11-19-5-3-2-4-6-19/h7-8,12-14,16,19,25-27,32H,2-6,9-11,15,17,31H2,1H3,(H,33,34). The summed E-state index contributed by atoms with van der Waals surface area (Å²) in [7, 11) is 0. The number of hydrogen-bond acceptors (Lipinski definition) is 4. The van der Waals surface area contributed by atoms with E-state index in [2.05, 4.69) is 28.8 Å². The van der Waals surface area contributed by atoms with E-state index in [0.717, 1.165) is 36.1 Å². The van der Waals surface area contributed by atoms with Gasteiger partial charge in [-0.25, -0.2) is 8.78 Å². The van der Waals surface area contributed by atoms with E-state index >= 15 is 0 Å². The Hall–Kier alpha value is -2.51. The van der Waals surface area contributed by atoms with Gasteiger partial charge in [0, 0.05) is 49.6 Å². The zero-order valence-electron chi connectivity index (χ0n) is 20.5. The average molecular weight is 486 g/mol. The molecule has 0 saturated heterocycles. The van der Waals surface area contributed by atoms with Crippen LogP contribution in [-0.2, 0) is 17.6 Å². The van der Waals surface area contributed by atoms with Crippen molar-refractivity contribution in [3.63, 3.8) is 0 Å². The van der Waals surface area contributed by atoms with Crippen LogP contribution in [0.4, 0.5) is 8.78 Å². The lowest BCUT2D eigenvalue weighted by molar-refractivity contribution is -0.119. The minimum atomic E-state index is -0.642. The van der Waals surface area contributed by atoms with Crippen LogP contribution in [0, 0.1) is 17.6 Å². The maximum absolute atomic E-state index is 13.7. The van der Waals surface area contributed by atoms with Gasteiger partial charge in [-0.1, -0.05) is 44.2 Å². The second-order valence-corrected chi connectivity index (χ2v) is 10.1. The highest BCUT2D eigenvalue weighted by Crippen LogP contribution is 2.34. The Morgan fingerprint density at radius 1 is 1.06 bits per heavy atom. The Morgan fingerprint density at radius 2 is 1.80 bits per heavy atom. The molecular weight excluding hydrogens is 448 g/mol. The second kappa shape index (κ2) is 12.0. The van der Waals surface area contributed by atoms with Crippen LogP contribution >= 0.6 is 0 Å². The van der Waals surface area contributed by atoms with Crippen LogP contribution in [-0.4, -0.2) is 31.1 Å². The molecule has 4 N–H and O–H groups in total. The number of carbonyl (C=O) groups excluding carboxylic acids is 1. The lowest BCUT2D eigenvalue weighted by Crippen LogP contribution is -2.53. The third-order valence-corrected chi connectivity index (χ3v) is 7.25. The molecule has 1 amide bonds. The Bertz CT molecular complexity index is 989. The van der Waals surface area contributed by atoms with Crippen LogP contribution in [0.3, 0.4) is 0 Å². The van der Waals surface area contributed by atoms with Crippen molar-refractivity contribution in [1.29, 1.82) is 0 Å². The summed E-state index contributed by atoms with van der Waals surface area (Å²) in [6, 6.07) is 9.13. The smallest absolute Gasteiger partial charge is 0.217 e. The molecule has 3 unspecified atom stereocenters. The largest absolute Gasteiger partial charge is 0.493 e. The zero-order chi connectivity index (χ0) is 24.8. The van der Waals surface area contributed by atoms with Gasteiger partial charge in [0.1, 0.15) is 17.4 Å². The minimum absolute atomic E-state index is 0.0979. The highest BCUT2D eigenvalue weighted by molar-refractivity contribution is 5.73. The molecule has 0 bridgehead atoms. The molecule has 0 spiro atoms. The van der Waals surface area contributed by atoms with Crippen molar-refractivity contribution < 1.29 is 18.3 Å². The molecule has 3 atom stereocenters. The fourth-order valence-electron chi connectivity index (χ4n) is 5.48. The van der Waals surface area contributed by atoms with Crippen molar-refractivity contribution in [2.24, 2.45) is 11.7 Å². The summed E-state index contributed by atoms with van der Waals surface area (Å²) in [5.41, 5.74) is 9.45. The number of fused-ring (bicyclic) bond motifs is 1. The van der Waals surface area contributed by atoms with Crippen LogP contribution in [0.2, 0.25) is 0 Å². The summed E-state index contributed by atoms with van der Waals surface area (Å²) >= 11 is 0. The lowest BCUT2D eigenvalue weighted by Gasteiger charge is -2.31. The maximum atomic E-state index is 13.7. The Kier molecular flexibility index (Phi) is 8.74. The van der Waals surface area contributed by atoms with E-state index in [-0.39, 0.29) is 18.4 Å². The van der Waals surface area contributed by atoms with Crippen molar-refractivity contribution in [3.05, 3.63) is 64.7 Å². The van der Waals surface area contributed by atoms with Gasteiger partial charge < -0.3 is 21.1 Å². The molecule has 0 aromatic heterocycles. The zero-order valence-corrected chi connectivity index (χ0v) is 20.5.